The highest BCUT2D eigenvalue weighted by Crippen LogP contribution is 2.15. The normalized spacial score (nSPS) is 11.5. The fourth-order valence-electron chi connectivity index (χ4n) is 1.80. The molecule has 0 saturated heterocycles. The van der Waals surface area contributed by atoms with E-state index in [1.165, 1.54) is 25.3 Å². The second kappa shape index (κ2) is 5.66. The van der Waals surface area contributed by atoms with E-state index in [0.29, 0.717) is 11.3 Å². The van der Waals surface area contributed by atoms with Crippen molar-refractivity contribution in [1.29, 1.82) is 0 Å². The summed E-state index contributed by atoms with van der Waals surface area (Å²) in [5.74, 6) is 0.0143. The van der Waals surface area contributed by atoms with Gasteiger partial charge >= 0.3 is 5.63 Å². The Kier molecular flexibility index (Phi) is 3.93. The van der Waals surface area contributed by atoms with Crippen molar-refractivity contribution in [2.75, 3.05) is 0 Å². The van der Waals surface area contributed by atoms with Crippen molar-refractivity contribution in [1.82, 2.24) is 5.43 Å². The van der Waals surface area contributed by atoms with Crippen LogP contribution in [0.1, 0.15) is 34.4 Å². The van der Waals surface area contributed by atoms with Gasteiger partial charge in [0.1, 0.15) is 22.8 Å². The molecule has 2 aromatic heterocycles. The summed E-state index contributed by atoms with van der Waals surface area (Å²) in [6.45, 7) is 4.66. The predicted octanol–water partition coefficient (Wildman–Crippen LogP) is 1.71. The molecule has 2 heterocycles. The third-order valence-electron chi connectivity index (χ3n) is 2.84. The van der Waals surface area contributed by atoms with Crippen LogP contribution in [0.3, 0.4) is 0 Å². The molecule has 7 heteroatoms. The van der Waals surface area contributed by atoms with Crippen LogP contribution in [-0.4, -0.2) is 16.7 Å². The number of carbonyl (C=O) groups is 1. The first-order valence-corrected chi connectivity index (χ1v) is 6.13. The van der Waals surface area contributed by atoms with Crippen LogP contribution < -0.4 is 11.1 Å². The Morgan fingerprint density at radius 3 is 2.67 bits per heavy atom. The molecule has 0 radical (unpaired) electrons. The summed E-state index contributed by atoms with van der Waals surface area (Å²) >= 11 is 0. The lowest BCUT2D eigenvalue weighted by molar-refractivity contribution is 0.0953. The van der Waals surface area contributed by atoms with Gasteiger partial charge in [-0.1, -0.05) is 0 Å². The van der Waals surface area contributed by atoms with Gasteiger partial charge in [-0.3, -0.25) is 4.79 Å². The highest BCUT2D eigenvalue weighted by Gasteiger charge is 2.15. The van der Waals surface area contributed by atoms with Crippen molar-refractivity contribution in [3.8, 4) is 5.75 Å². The molecule has 0 aliphatic carbocycles. The Balaban J connectivity index is 2.25. The summed E-state index contributed by atoms with van der Waals surface area (Å²) in [6, 6.07) is 2.81. The average molecular weight is 290 g/mol. The zero-order valence-electron chi connectivity index (χ0n) is 11.8. The summed E-state index contributed by atoms with van der Waals surface area (Å²) in [4.78, 5) is 23.5. The van der Waals surface area contributed by atoms with Crippen molar-refractivity contribution >= 4 is 11.6 Å². The topological polar surface area (TPSA) is 105 Å². The van der Waals surface area contributed by atoms with E-state index >= 15 is 0 Å². The second-order valence-electron chi connectivity index (χ2n) is 4.43. The van der Waals surface area contributed by atoms with Crippen molar-refractivity contribution in [3.05, 3.63) is 51.5 Å². The van der Waals surface area contributed by atoms with E-state index in [2.05, 4.69) is 10.5 Å². The summed E-state index contributed by atoms with van der Waals surface area (Å²) in [7, 11) is 0. The van der Waals surface area contributed by atoms with Crippen molar-refractivity contribution < 1.29 is 18.7 Å². The molecule has 0 aliphatic rings. The third kappa shape index (κ3) is 3.02. The molecule has 7 nitrogen and oxygen atoms in total. The van der Waals surface area contributed by atoms with Crippen molar-refractivity contribution in [3.63, 3.8) is 0 Å². The summed E-state index contributed by atoms with van der Waals surface area (Å²) < 4.78 is 9.90. The van der Waals surface area contributed by atoms with Crippen LogP contribution in [0.5, 0.6) is 5.75 Å². The van der Waals surface area contributed by atoms with Gasteiger partial charge in [0.15, 0.2) is 0 Å². The van der Waals surface area contributed by atoms with E-state index in [1.807, 2.05) is 0 Å². The largest absolute Gasteiger partial charge is 0.507 e. The fraction of sp³-hybridized carbons (Fsp3) is 0.214. The maximum Gasteiger partial charge on any atom is 0.348 e. The molecule has 0 unspecified atom stereocenters. The number of nitrogens with zero attached hydrogens (tertiary/aromatic N) is 1. The van der Waals surface area contributed by atoms with Crippen LogP contribution in [0, 0.1) is 13.8 Å². The molecule has 0 aliphatic heterocycles. The number of amides is 1. The van der Waals surface area contributed by atoms with E-state index in [0.717, 1.165) is 0 Å². The van der Waals surface area contributed by atoms with Crippen molar-refractivity contribution in [2.45, 2.75) is 20.8 Å². The van der Waals surface area contributed by atoms with Gasteiger partial charge in [0, 0.05) is 6.07 Å². The molecule has 0 bridgehead atoms. The maximum atomic E-state index is 11.8. The molecule has 0 spiro atoms. The number of carbonyl (C=O) groups excluding carboxylic acids is 1. The lowest BCUT2D eigenvalue weighted by Gasteiger charge is -2.04. The molecule has 2 N–H and O–H groups in total. The molecule has 2 rings (SSSR count). The van der Waals surface area contributed by atoms with Gasteiger partial charge in [-0.15, -0.1) is 0 Å². The Bertz CT molecular complexity index is 770. The zero-order chi connectivity index (χ0) is 15.6. The summed E-state index contributed by atoms with van der Waals surface area (Å²) in [5, 5.41) is 13.6. The van der Waals surface area contributed by atoms with Gasteiger partial charge in [0.2, 0.25) is 0 Å². The maximum absolute atomic E-state index is 11.8. The lowest BCUT2D eigenvalue weighted by Crippen LogP contribution is -2.21. The molecule has 110 valence electrons. The Hall–Kier alpha value is -2.83. The SMILES string of the molecule is C/C(=N\NC(=O)c1ccoc1C)c1c(O)cc(C)oc1=O. The molecule has 0 aromatic carbocycles. The van der Waals surface area contributed by atoms with E-state index in [9.17, 15) is 14.7 Å². The third-order valence-corrected chi connectivity index (χ3v) is 2.84. The van der Waals surface area contributed by atoms with Crippen LogP contribution in [0.4, 0.5) is 0 Å². The smallest absolute Gasteiger partial charge is 0.348 e. The number of aryl methyl sites for hydroxylation is 2. The monoisotopic (exact) mass is 290 g/mol. The van der Waals surface area contributed by atoms with E-state index in [1.54, 1.807) is 13.8 Å². The van der Waals surface area contributed by atoms with E-state index in [-0.39, 0.29) is 22.8 Å². The van der Waals surface area contributed by atoms with Crippen LogP contribution >= 0.6 is 0 Å². The highest BCUT2D eigenvalue weighted by molar-refractivity contribution is 6.02. The Morgan fingerprint density at radius 1 is 1.38 bits per heavy atom. The number of nitrogens with one attached hydrogen (secondary N) is 1. The molecule has 0 fully saturated rings. The van der Waals surface area contributed by atoms with Gasteiger partial charge in [-0.2, -0.15) is 5.10 Å². The number of aromatic hydroxyl groups is 1. The molecule has 2 aromatic rings. The standard InChI is InChI=1S/C14H14N2O5/c1-7-6-11(17)12(14(19)21-7)8(2)15-16-13(18)10-4-5-20-9(10)3/h4-6,17H,1-3H3,(H,16,18)/b15-8+. The van der Waals surface area contributed by atoms with Crippen molar-refractivity contribution in [2.24, 2.45) is 5.10 Å². The van der Waals surface area contributed by atoms with E-state index < -0.39 is 11.5 Å². The highest BCUT2D eigenvalue weighted by atomic mass is 16.4. The molecular weight excluding hydrogens is 276 g/mol. The predicted molar refractivity (Wildman–Crippen MR) is 74.5 cm³/mol. The first kappa shape index (κ1) is 14.6. The number of hydrazone groups is 1. The van der Waals surface area contributed by atoms with Gasteiger partial charge in [0.05, 0.1) is 17.5 Å². The molecule has 21 heavy (non-hydrogen) atoms. The Labute approximate surface area is 119 Å². The number of rotatable bonds is 3. The molecule has 0 saturated carbocycles. The number of furan rings is 1. The quantitative estimate of drug-likeness (QED) is 0.661. The first-order chi connectivity index (χ1) is 9.90. The number of hydrogen-bond acceptors (Lipinski definition) is 6. The zero-order valence-corrected chi connectivity index (χ0v) is 11.8. The minimum absolute atomic E-state index is 0.0928. The van der Waals surface area contributed by atoms with Gasteiger partial charge in [-0.05, 0) is 26.8 Å². The van der Waals surface area contributed by atoms with Gasteiger partial charge in [-0.25, -0.2) is 10.2 Å². The molecular formula is C14H14N2O5. The first-order valence-electron chi connectivity index (χ1n) is 6.13. The second-order valence-corrected chi connectivity index (χ2v) is 4.43. The van der Waals surface area contributed by atoms with Crippen LogP contribution in [-0.2, 0) is 0 Å². The summed E-state index contributed by atoms with van der Waals surface area (Å²) in [6.07, 6.45) is 1.39. The minimum Gasteiger partial charge on any atom is -0.507 e. The van der Waals surface area contributed by atoms with Crippen LogP contribution in [0.2, 0.25) is 0 Å². The van der Waals surface area contributed by atoms with Crippen LogP contribution in [0.15, 0.2) is 37.1 Å². The van der Waals surface area contributed by atoms with Crippen LogP contribution in [0.25, 0.3) is 0 Å². The molecule has 1 amide bonds. The average Bonchev–Trinajstić information content (AvgIpc) is 2.81. The molecule has 0 atom stereocenters. The Morgan fingerprint density at radius 2 is 2.10 bits per heavy atom. The summed E-state index contributed by atoms with van der Waals surface area (Å²) in [5.41, 5.74) is 1.95. The van der Waals surface area contributed by atoms with E-state index in [4.69, 9.17) is 8.83 Å². The van der Waals surface area contributed by atoms with Gasteiger partial charge < -0.3 is 13.9 Å². The minimum atomic E-state index is -0.720. The lowest BCUT2D eigenvalue weighted by atomic mass is 10.2. The fourth-order valence-corrected chi connectivity index (χ4v) is 1.80. The number of hydrogen-bond donors (Lipinski definition) is 2. The van der Waals surface area contributed by atoms with Gasteiger partial charge in [0.25, 0.3) is 5.91 Å².